The molecule has 0 radical (unpaired) electrons. The fourth-order valence-electron chi connectivity index (χ4n) is 6.31. The molecule has 0 saturated heterocycles. The highest BCUT2D eigenvalue weighted by Crippen LogP contribution is 2.43. The van der Waals surface area contributed by atoms with Gasteiger partial charge in [0.05, 0.1) is 19.8 Å². The number of carbonyl (C=O) groups excluding carboxylic acids is 3. The second-order valence-corrected chi connectivity index (χ2v) is 18.3. The molecule has 0 fully saturated rings. The lowest BCUT2D eigenvalue weighted by molar-refractivity contribution is -0.161. The summed E-state index contributed by atoms with van der Waals surface area (Å²) in [6.45, 7) is 4.07. The van der Waals surface area contributed by atoms with Gasteiger partial charge >= 0.3 is 25.7 Å². The molecule has 12 heteroatoms. The molecule has 404 valence electrons. The molecule has 3 atom stereocenters. The van der Waals surface area contributed by atoms with Crippen molar-refractivity contribution in [2.75, 3.05) is 26.4 Å². The molecule has 0 heterocycles. The second-order valence-electron chi connectivity index (χ2n) is 16.9. The van der Waals surface area contributed by atoms with Crippen molar-refractivity contribution in [3.63, 3.8) is 0 Å². The van der Waals surface area contributed by atoms with Crippen molar-refractivity contribution in [3.8, 4) is 0 Å². The molecule has 0 amide bonds. The second kappa shape index (κ2) is 52.7. The number of phosphoric ester groups is 1. The Kier molecular flexibility index (Phi) is 49.3. The quantitative estimate of drug-likeness (QED) is 0.0197. The summed E-state index contributed by atoms with van der Waals surface area (Å²) in [5.41, 5.74) is 0. The monoisotopic (exact) mass is 1020 g/mol. The lowest BCUT2D eigenvalue weighted by Gasteiger charge is -2.21. The molecular weight excluding hydrogens is 928 g/mol. The van der Waals surface area contributed by atoms with Crippen LogP contribution in [-0.4, -0.2) is 66.5 Å². The maximum Gasteiger partial charge on any atom is 0.472 e. The first kappa shape index (κ1) is 67.4. The summed E-state index contributed by atoms with van der Waals surface area (Å²) < 4.78 is 39.2. The van der Waals surface area contributed by atoms with Crippen molar-refractivity contribution in [2.24, 2.45) is 0 Å². The zero-order valence-electron chi connectivity index (χ0n) is 44.3. The van der Waals surface area contributed by atoms with Crippen LogP contribution in [0, 0.1) is 0 Å². The fraction of sp³-hybridized carbons (Fsp3) is 0.550. The van der Waals surface area contributed by atoms with Crippen LogP contribution in [0.15, 0.2) is 146 Å². The SMILES string of the molecule is CC/C=C\C/C=C\C/C=C\C/C=C\CCCCCCCCC(=O)OC(COC(=O)CC/C=C\C/C=C\C/C=C\C/C=C\CC)COP(=O)(O)OCC(CO)OC(=O)CC/C=C\C/C=C\C/C=C\C/C=C\CC. The van der Waals surface area contributed by atoms with E-state index in [1.807, 2.05) is 30.4 Å². The van der Waals surface area contributed by atoms with E-state index in [-0.39, 0.29) is 19.3 Å². The number of hydrogen-bond acceptors (Lipinski definition) is 10. The van der Waals surface area contributed by atoms with E-state index in [2.05, 4.69) is 136 Å². The minimum atomic E-state index is -4.79. The molecule has 0 spiro atoms. The van der Waals surface area contributed by atoms with Crippen LogP contribution in [0.5, 0.6) is 0 Å². The fourth-order valence-corrected chi connectivity index (χ4v) is 7.10. The number of allylic oxidation sites excluding steroid dienone is 24. The van der Waals surface area contributed by atoms with Gasteiger partial charge in [0.15, 0.2) is 6.10 Å². The number of phosphoric acid groups is 1. The van der Waals surface area contributed by atoms with Crippen molar-refractivity contribution in [1.82, 2.24) is 0 Å². The van der Waals surface area contributed by atoms with E-state index < -0.39 is 64.4 Å². The molecule has 0 aliphatic rings. The zero-order valence-corrected chi connectivity index (χ0v) is 45.2. The van der Waals surface area contributed by atoms with E-state index in [1.54, 1.807) is 0 Å². The molecule has 0 aliphatic heterocycles. The summed E-state index contributed by atoms with van der Waals surface area (Å²) in [5, 5.41) is 9.77. The molecule has 0 aliphatic carbocycles. The smallest absolute Gasteiger partial charge is 0.462 e. The van der Waals surface area contributed by atoms with Crippen LogP contribution in [-0.2, 0) is 42.2 Å². The van der Waals surface area contributed by atoms with Crippen molar-refractivity contribution < 1.29 is 52.2 Å². The van der Waals surface area contributed by atoms with Gasteiger partial charge in [-0.1, -0.05) is 192 Å². The minimum absolute atomic E-state index is 0.0421. The van der Waals surface area contributed by atoms with Crippen LogP contribution in [0.4, 0.5) is 0 Å². The summed E-state index contributed by atoms with van der Waals surface area (Å²) in [5.74, 6) is -1.69. The van der Waals surface area contributed by atoms with Crippen molar-refractivity contribution in [3.05, 3.63) is 146 Å². The lowest BCUT2D eigenvalue weighted by Crippen LogP contribution is -2.30. The van der Waals surface area contributed by atoms with Gasteiger partial charge in [-0.25, -0.2) is 4.57 Å². The van der Waals surface area contributed by atoms with E-state index in [1.165, 1.54) is 0 Å². The minimum Gasteiger partial charge on any atom is -0.462 e. The largest absolute Gasteiger partial charge is 0.472 e. The predicted octanol–water partition coefficient (Wildman–Crippen LogP) is 15.6. The van der Waals surface area contributed by atoms with Crippen molar-refractivity contribution in [1.29, 1.82) is 0 Å². The number of esters is 3. The first-order valence-electron chi connectivity index (χ1n) is 26.7. The number of hydrogen-bond donors (Lipinski definition) is 2. The lowest BCUT2D eigenvalue weighted by atomic mass is 10.1. The van der Waals surface area contributed by atoms with Gasteiger partial charge in [-0.2, -0.15) is 0 Å². The van der Waals surface area contributed by atoms with Crippen LogP contribution >= 0.6 is 7.82 Å². The number of aliphatic hydroxyl groups is 1. The van der Waals surface area contributed by atoms with E-state index in [4.69, 9.17) is 23.3 Å². The van der Waals surface area contributed by atoms with Gasteiger partial charge in [-0.3, -0.25) is 23.4 Å². The molecule has 11 nitrogen and oxygen atoms in total. The summed E-state index contributed by atoms with van der Waals surface area (Å²) >= 11 is 0. The Morgan fingerprint density at radius 3 is 1.12 bits per heavy atom. The third kappa shape index (κ3) is 50.3. The average molecular weight is 1020 g/mol. The molecule has 0 aromatic carbocycles. The van der Waals surface area contributed by atoms with E-state index >= 15 is 0 Å². The number of aliphatic hydroxyl groups excluding tert-OH is 1. The normalized spacial score (nSPS) is 14.6. The average Bonchev–Trinajstić information content (AvgIpc) is 3.37. The van der Waals surface area contributed by atoms with Gasteiger partial charge in [-0.05, 0) is 109 Å². The van der Waals surface area contributed by atoms with E-state index in [0.29, 0.717) is 19.3 Å². The van der Waals surface area contributed by atoms with Crippen LogP contribution in [0.2, 0.25) is 0 Å². The Morgan fingerprint density at radius 2 is 0.708 bits per heavy atom. The van der Waals surface area contributed by atoms with Gasteiger partial charge in [0.2, 0.25) is 0 Å². The summed E-state index contributed by atoms with van der Waals surface area (Å²) in [6, 6.07) is 0. The van der Waals surface area contributed by atoms with Crippen LogP contribution in [0.25, 0.3) is 0 Å². The standard InChI is InChI=1S/C60H93O11P/c1-4-7-10-13-16-19-22-25-26-27-28-29-30-33-36-39-42-45-48-51-60(64)71-57(53-67-58(62)49-46-43-40-37-34-31-23-20-17-14-11-8-5-2)55-69-72(65,66)68-54-56(52-61)70-59(63)50-47-44-41-38-35-32-24-21-18-15-12-9-6-3/h7-12,16-21,25-26,28-29,31-32,34-35,40-41,43-44,56-57,61H,4-6,13-15,22-24,27,30,33,36-39,42,45-55H2,1-3H3,(H,65,66)/b10-7-,11-8-,12-9-,19-16-,20-17-,21-18-,26-25-,29-28-,34-31-,35-32-,43-40-,44-41-. The van der Waals surface area contributed by atoms with E-state index in [0.717, 1.165) is 116 Å². The highest BCUT2D eigenvalue weighted by molar-refractivity contribution is 7.47. The van der Waals surface area contributed by atoms with Gasteiger partial charge < -0.3 is 24.2 Å². The van der Waals surface area contributed by atoms with Crippen molar-refractivity contribution >= 4 is 25.7 Å². The number of carbonyl (C=O) groups is 3. The molecular formula is C60H93O11P. The van der Waals surface area contributed by atoms with Gasteiger partial charge in [0.1, 0.15) is 12.7 Å². The summed E-state index contributed by atoms with van der Waals surface area (Å²) in [6.07, 6.45) is 67.1. The number of rotatable bonds is 47. The Labute approximate surface area is 435 Å². The molecule has 0 aromatic heterocycles. The predicted molar refractivity (Wildman–Crippen MR) is 297 cm³/mol. The first-order valence-corrected chi connectivity index (χ1v) is 28.2. The Morgan fingerprint density at radius 1 is 0.389 bits per heavy atom. The summed E-state index contributed by atoms with van der Waals surface area (Å²) in [7, 11) is -4.79. The number of unbranched alkanes of at least 4 members (excludes halogenated alkanes) is 6. The van der Waals surface area contributed by atoms with Gasteiger partial charge in [0.25, 0.3) is 0 Å². The van der Waals surface area contributed by atoms with Crippen LogP contribution in [0.1, 0.15) is 175 Å². The molecule has 0 aromatic rings. The van der Waals surface area contributed by atoms with E-state index in [9.17, 15) is 28.9 Å². The highest BCUT2D eigenvalue weighted by Gasteiger charge is 2.28. The van der Waals surface area contributed by atoms with Crippen LogP contribution < -0.4 is 0 Å². The maximum absolute atomic E-state index is 12.9. The van der Waals surface area contributed by atoms with Crippen molar-refractivity contribution in [2.45, 2.75) is 187 Å². The van der Waals surface area contributed by atoms with Gasteiger partial charge in [-0.15, -0.1) is 0 Å². The zero-order chi connectivity index (χ0) is 52.7. The first-order chi connectivity index (χ1) is 35.2. The molecule has 3 unspecified atom stereocenters. The van der Waals surface area contributed by atoms with Crippen LogP contribution in [0.3, 0.4) is 0 Å². The molecule has 0 saturated carbocycles. The molecule has 2 N–H and O–H groups in total. The van der Waals surface area contributed by atoms with Gasteiger partial charge in [0, 0.05) is 19.3 Å². The Balaban J connectivity index is 4.91. The third-order valence-corrected chi connectivity index (χ3v) is 11.2. The third-order valence-electron chi connectivity index (χ3n) is 10.3. The summed E-state index contributed by atoms with van der Waals surface area (Å²) in [4.78, 5) is 48.3. The highest BCUT2D eigenvalue weighted by atomic mass is 31.2. The maximum atomic E-state index is 12.9. The molecule has 0 rings (SSSR count). The molecule has 0 bridgehead atoms. The topological polar surface area (TPSA) is 155 Å². The Hall–Kier alpha value is -4.64. The number of ether oxygens (including phenoxy) is 3. The molecule has 72 heavy (non-hydrogen) atoms. The Bertz CT molecular complexity index is 1760.